The van der Waals surface area contributed by atoms with Crippen LogP contribution in [-0.2, 0) is 16.1 Å². The number of hydrogen-bond donors (Lipinski definition) is 2. The van der Waals surface area contributed by atoms with E-state index in [1.807, 2.05) is 13.8 Å². The molecule has 5 nitrogen and oxygen atoms in total. The molecular weight excluding hydrogens is 244 g/mol. The molecule has 0 saturated carbocycles. The molecule has 0 aliphatic rings. The van der Waals surface area contributed by atoms with Crippen LogP contribution in [-0.4, -0.2) is 31.6 Å². The second-order valence-corrected chi connectivity index (χ2v) is 4.50. The summed E-state index contributed by atoms with van der Waals surface area (Å²) >= 11 is 0. The first-order valence-corrected chi connectivity index (χ1v) is 6.20. The summed E-state index contributed by atoms with van der Waals surface area (Å²) in [5.74, 6) is -0.414. The number of nitrogens with one attached hydrogen (secondary N) is 2. The van der Waals surface area contributed by atoms with E-state index in [9.17, 15) is 9.59 Å². The van der Waals surface area contributed by atoms with Gasteiger partial charge in [0.1, 0.15) is 0 Å². The van der Waals surface area contributed by atoms with Crippen LogP contribution in [0.2, 0.25) is 0 Å². The maximum absolute atomic E-state index is 11.5. The van der Waals surface area contributed by atoms with Gasteiger partial charge < -0.3 is 15.4 Å². The van der Waals surface area contributed by atoms with E-state index in [-0.39, 0.29) is 17.9 Å². The number of ether oxygens (including phenoxy) is 1. The van der Waals surface area contributed by atoms with Crippen LogP contribution in [0.15, 0.2) is 24.3 Å². The van der Waals surface area contributed by atoms with E-state index in [0.717, 1.165) is 5.56 Å². The van der Waals surface area contributed by atoms with E-state index >= 15 is 0 Å². The van der Waals surface area contributed by atoms with Gasteiger partial charge in [-0.15, -0.1) is 0 Å². The Bertz CT molecular complexity index is 427. The first-order valence-electron chi connectivity index (χ1n) is 6.20. The Kier molecular flexibility index (Phi) is 6.02. The molecule has 5 heteroatoms. The van der Waals surface area contributed by atoms with Gasteiger partial charge in [0.2, 0.25) is 5.91 Å². The van der Waals surface area contributed by atoms with Gasteiger partial charge in [0, 0.05) is 12.6 Å². The highest BCUT2D eigenvalue weighted by atomic mass is 16.5. The monoisotopic (exact) mass is 264 g/mol. The first kappa shape index (κ1) is 15.2. The van der Waals surface area contributed by atoms with E-state index in [1.165, 1.54) is 7.11 Å². The van der Waals surface area contributed by atoms with Gasteiger partial charge in [-0.3, -0.25) is 4.79 Å². The van der Waals surface area contributed by atoms with Gasteiger partial charge in [0.15, 0.2) is 0 Å². The van der Waals surface area contributed by atoms with Crippen LogP contribution in [0.4, 0.5) is 0 Å². The predicted molar refractivity (Wildman–Crippen MR) is 72.8 cm³/mol. The summed E-state index contributed by atoms with van der Waals surface area (Å²) in [7, 11) is 1.35. The number of carbonyl (C=O) groups excluding carboxylic acids is 2. The summed E-state index contributed by atoms with van der Waals surface area (Å²) in [6.45, 7) is 4.72. The standard InChI is InChI=1S/C14H20N2O3/c1-10(2)15-9-13(17)16-8-11-4-6-12(7-5-11)14(18)19-3/h4-7,10,15H,8-9H2,1-3H3,(H,16,17). The SMILES string of the molecule is COC(=O)c1ccc(CNC(=O)CNC(C)C)cc1. The van der Waals surface area contributed by atoms with Crippen LogP contribution in [0.5, 0.6) is 0 Å². The number of benzene rings is 1. The number of rotatable bonds is 6. The highest BCUT2D eigenvalue weighted by Crippen LogP contribution is 2.05. The van der Waals surface area contributed by atoms with E-state index in [1.54, 1.807) is 24.3 Å². The van der Waals surface area contributed by atoms with Crippen LogP contribution >= 0.6 is 0 Å². The van der Waals surface area contributed by atoms with Crippen LogP contribution in [0.25, 0.3) is 0 Å². The van der Waals surface area contributed by atoms with Crippen LogP contribution in [0, 0.1) is 0 Å². The number of amides is 1. The second kappa shape index (κ2) is 7.53. The Morgan fingerprint density at radius 3 is 2.37 bits per heavy atom. The smallest absolute Gasteiger partial charge is 0.337 e. The molecule has 0 fully saturated rings. The molecule has 1 amide bonds. The highest BCUT2D eigenvalue weighted by molar-refractivity contribution is 5.89. The van der Waals surface area contributed by atoms with Gasteiger partial charge in [-0.05, 0) is 17.7 Å². The van der Waals surface area contributed by atoms with Crippen LogP contribution in [0.3, 0.4) is 0 Å². The predicted octanol–water partition coefficient (Wildman–Crippen LogP) is 1.09. The summed E-state index contributed by atoms with van der Waals surface area (Å²) in [6, 6.07) is 7.23. The third-order valence-electron chi connectivity index (χ3n) is 2.54. The Morgan fingerprint density at radius 2 is 1.84 bits per heavy atom. The Labute approximate surface area is 113 Å². The lowest BCUT2D eigenvalue weighted by Gasteiger charge is -2.09. The lowest BCUT2D eigenvalue weighted by atomic mass is 10.1. The lowest BCUT2D eigenvalue weighted by molar-refractivity contribution is -0.120. The molecule has 0 unspecified atom stereocenters. The minimum absolute atomic E-state index is 0.0502. The summed E-state index contributed by atoms with van der Waals surface area (Å²) in [6.07, 6.45) is 0. The highest BCUT2D eigenvalue weighted by Gasteiger charge is 2.05. The zero-order chi connectivity index (χ0) is 14.3. The molecule has 0 atom stereocenters. The Morgan fingerprint density at radius 1 is 1.21 bits per heavy atom. The maximum atomic E-state index is 11.5. The molecule has 19 heavy (non-hydrogen) atoms. The quantitative estimate of drug-likeness (QED) is 0.755. The molecule has 0 aliphatic heterocycles. The molecule has 104 valence electrons. The van der Waals surface area contributed by atoms with Gasteiger partial charge in [0.05, 0.1) is 19.2 Å². The van der Waals surface area contributed by atoms with Crippen molar-refractivity contribution < 1.29 is 14.3 Å². The van der Waals surface area contributed by atoms with Crippen molar-refractivity contribution in [1.82, 2.24) is 10.6 Å². The fourth-order valence-corrected chi connectivity index (χ4v) is 1.44. The van der Waals surface area contributed by atoms with Crippen molar-refractivity contribution in [3.8, 4) is 0 Å². The average Bonchev–Trinajstić information content (AvgIpc) is 2.42. The summed E-state index contributed by atoms with van der Waals surface area (Å²) in [5, 5.41) is 5.84. The summed E-state index contributed by atoms with van der Waals surface area (Å²) in [4.78, 5) is 22.7. The third-order valence-corrected chi connectivity index (χ3v) is 2.54. The van der Waals surface area contributed by atoms with Crippen molar-refractivity contribution in [2.24, 2.45) is 0 Å². The Balaban J connectivity index is 2.41. The molecule has 0 spiro atoms. The van der Waals surface area contributed by atoms with E-state index in [2.05, 4.69) is 15.4 Å². The van der Waals surface area contributed by atoms with Crippen molar-refractivity contribution >= 4 is 11.9 Å². The number of methoxy groups -OCH3 is 1. The minimum Gasteiger partial charge on any atom is -0.465 e. The molecule has 1 aromatic carbocycles. The normalized spacial score (nSPS) is 10.3. The number of carbonyl (C=O) groups is 2. The van der Waals surface area contributed by atoms with Gasteiger partial charge in [0.25, 0.3) is 0 Å². The largest absolute Gasteiger partial charge is 0.465 e. The Hall–Kier alpha value is -1.88. The van der Waals surface area contributed by atoms with Crippen molar-refractivity contribution in [3.05, 3.63) is 35.4 Å². The number of hydrogen-bond acceptors (Lipinski definition) is 4. The fourth-order valence-electron chi connectivity index (χ4n) is 1.44. The average molecular weight is 264 g/mol. The zero-order valence-corrected chi connectivity index (χ0v) is 11.5. The fraction of sp³-hybridized carbons (Fsp3) is 0.429. The maximum Gasteiger partial charge on any atom is 0.337 e. The molecule has 0 aromatic heterocycles. The summed E-state index contributed by atoms with van der Waals surface area (Å²) in [5.41, 5.74) is 1.43. The van der Waals surface area contributed by atoms with Crippen molar-refractivity contribution in [1.29, 1.82) is 0 Å². The lowest BCUT2D eigenvalue weighted by Crippen LogP contribution is -2.36. The molecule has 0 radical (unpaired) electrons. The van der Waals surface area contributed by atoms with E-state index < -0.39 is 0 Å². The van der Waals surface area contributed by atoms with Gasteiger partial charge in [-0.1, -0.05) is 26.0 Å². The zero-order valence-electron chi connectivity index (χ0n) is 11.5. The van der Waals surface area contributed by atoms with Crippen LogP contribution < -0.4 is 10.6 Å². The van der Waals surface area contributed by atoms with Gasteiger partial charge >= 0.3 is 5.97 Å². The molecule has 0 heterocycles. The molecule has 0 bridgehead atoms. The molecule has 0 aliphatic carbocycles. The van der Waals surface area contributed by atoms with E-state index in [4.69, 9.17) is 0 Å². The second-order valence-electron chi connectivity index (χ2n) is 4.50. The molecule has 2 N–H and O–H groups in total. The van der Waals surface area contributed by atoms with Crippen molar-refractivity contribution in [3.63, 3.8) is 0 Å². The summed E-state index contributed by atoms with van der Waals surface area (Å²) < 4.78 is 4.61. The molecule has 1 aromatic rings. The van der Waals surface area contributed by atoms with Gasteiger partial charge in [-0.2, -0.15) is 0 Å². The van der Waals surface area contributed by atoms with Crippen molar-refractivity contribution in [2.45, 2.75) is 26.4 Å². The topological polar surface area (TPSA) is 67.4 Å². The first-order chi connectivity index (χ1) is 9.02. The van der Waals surface area contributed by atoms with Crippen molar-refractivity contribution in [2.75, 3.05) is 13.7 Å². The molecule has 0 saturated heterocycles. The minimum atomic E-state index is -0.364. The molecule has 1 rings (SSSR count). The number of esters is 1. The van der Waals surface area contributed by atoms with Crippen LogP contribution in [0.1, 0.15) is 29.8 Å². The van der Waals surface area contributed by atoms with Gasteiger partial charge in [-0.25, -0.2) is 4.79 Å². The third kappa shape index (κ3) is 5.52. The molecular formula is C14H20N2O3. The van der Waals surface area contributed by atoms with E-state index in [0.29, 0.717) is 18.7 Å².